The SMILES string of the molecule is CN1CCCC(C(=O)N2CCOC(I)C2)C1. The lowest BCUT2D eigenvalue weighted by Crippen LogP contribution is -2.49. The van der Waals surface area contributed by atoms with Gasteiger partial charge in [0.1, 0.15) is 4.11 Å². The third-order valence-electron chi connectivity index (χ3n) is 3.31. The van der Waals surface area contributed by atoms with Crippen LogP contribution in [-0.2, 0) is 9.53 Å². The minimum Gasteiger partial charge on any atom is -0.364 e. The number of likely N-dealkylation sites (tertiary alicyclic amines) is 1. The van der Waals surface area contributed by atoms with E-state index in [0.717, 1.165) is 39.0 Å². The van der Waals surface area contributed by atoms with Crippen LogP contribution in [0, 0.1) is 5.92 Å². The van der Waals surface area contributed by atoms with E-state index in [1.54, 1.807) is 0 Å². The molecular weight excluding hydrogens is 319 g/mol. The Morgan fingerprint density at radius 3 is 2.88 bits per heavy atom. The molecule has 0 aromatic rings. The maximum absolute atomic E-state index is 12.3. The lowest BCUT2D eigenvalue weighted by Gasteiger charge is -2.36. The molecule has 5 heteroatoms. The highest BCUT2D eigenvalue weighted by atomic mass is 127. The van der Waals surface area contributed by atoms with Crippen LogP contribution >= 0.6 is 22.6 Å². The van der Waals surface area contributed by atoms with Gasteiger partial charge in [-0.25, -0.2) is 0 Å². The average Bonchev–Trinajstić information content (AvgIpc) is 2.28. The van der Waals surface area contributed by atoms with E-state index >= 15 is 0 Å². The highest BCUT2D eigenvalue weighted by Gasteiger charge is 2.30. The van der Waals surface area contributed by atoms with Crippen LogP contribution in [0.25, 0.3) is 0 Å². The maximum Gasteiger partial charge on any atom is 0.227 e. The summed E-state index contributed by atoms with van der Waals surface area (Å²) in [6, 6.07) is 0. The summed E-state index contributed by atoms with van der Waals surface area (Å²) in [6.45, 7) is 4.24. The molecule has 2 atom stereocenters. The van der Waals surface area contributed by atoms with Crippen molar-refractivity contribution in [2.45, 2.75) is 17.0 Å². The summed E-state index contributed by atoms with van der Waals surface area (Å²) in [7, 11) is 2.10. The van der Waals surface area contributed by atoms with Crippen molar-refractivity contribution in [2.24, 2.45) is 5.92 Å². The number of carbonyl (C=O) groups is 1. The van der Waals surface area contributed by atoms with Crippen LogP contribution in [-0.4, -0.2) is 59.7 Å². The first-order chi connectivity index (χ1) is 7.66. The van der Waals surface area contributed by atoms with Crippen molar-refractivity contribution in [1.82, 2.24) is 9.80 Å². The standard InChI is InChI=1S/C11H19IN2O2/c1-13-4-2-3-9(7-13)11(15)14-5-6-16-10(12)8-14/h9-10H,2-8H2,1H3. The van der Waals surface area contributed by atoms with Crippen LogP contribution in [0.4, 0.5) is 0 Å². The summed E-state index contributed by atoms with van der Waals surface area (Å²) in [6.07, 6.45) is 2.19. The van der Waals surface area contributed by atoms with Gasteiger partial charge in [-0.05, 0) is 49.0 Å². The Labute approximate surface area is 110 Å². The summed E-state index contributed by atoms with van der Waals surface area (Å²) in [5, 5.41) is 0. The smallest absolute Gasteiger partial charge is 0.227 e. The van der Waals surface area contributed by atoms with E-state index in [1.165, 1.54) is 0 Å². The maximum atomic E-state index is 12.3. The van der Waals surface area contributed by atoms with Gasteiger partial charge in [-0.1, -0.05) is 0 Å². The molecule has 16 heavy (non-hydrogen) atoms. The highest BCUT2D eigenvalue weighted by Crippen LogP contribution is 2.20. The molecule has 0 aromatic heterocycles. The summed E-state index contributed by atoms with van der Waals surface area (Å²) in [5.41, 5.74) is 0. The first-order valence-corrected chi connectivity index (χ1v) is 7.14. The molecule has 4 nitrogen and oxygen atoms in total. The van der Waals surface area contributed by atoms with Crippen LogP contribution in [0.2, 0.25) is 0 Å². The predicted octanol–water partition coefficient (Wildman–Crippen LogP) is 0.948. The fourth-order valence-electron chi connectivity index (χ4n) is 2.43. The number of rotatable bonds is 1. The molecule has 2 fully saturated rings. The minimum atomic E-state index is 0.164. The Bertz CT molecular complexity index is 238. The van der Waals surface area contributed by atoms with Crippen molar-refractivity contribution in [1.29, 1.82) is 0 Å². The number of nitrogens with zero attached hydrogens (tertiary/aromatic N) is 2. The monoisotopic (exact) mass is 338 g/mol. The molecule has 2 saturated heterocycles. The van der Waals surface area contributed by atoms with Gasteiger partial charge in [0.15, 0.2) is 0 Å². The van der Waals surface area contributed by atoms with E-state index < -0.39 is 0 Å². The zero-order valence-electron chi connectivity index (χ0n) is 9.69. The van der Waals surface area contributed by atoms with Crippen LogP contribution < -0.4 is 0 Å². The number of alkyl halides is 1. The summed E-state index contributed by atoms with van der Waals surface area (Å²) < 4.78 is 5.61. The predicted molar refractivity (Wildman–Crippen MR) is 70.6 cm³/mol. The van der Waals surface area contributed by atoms with Crippen molar-refractivity contribution in [3.63, 3.8) is 0 Å². The van der Waals surface area contributed by atoms with Gasteiger partial charge in [0.25, 0.3) is 0 Å². The second-order valence-corrected chi connectivity index (χ2v) is 6.06. The number of hydrogen-bond acceptors (Lipinski definition) is 3. The van der Waals surface area contributed by atoms with E-state index in [-0.39, 0.29) is 10.0 Å². The van der Waals surface area contributed by atoms with Gasteiger partial charge in [0.05, 0.1) is 19.1 Å². The van der Waals surface area contributed by atoms with Gasteiger partial charge in [0, 0.05) is 13.1 Å². The molecule has 2 aliphatic rings. The molecule has 92 valence electrons. The summed E-state index contributed by atoms with van der Waals surface area (Å²) in [5.74, 6) is 0.539. The van der Waals surface area contributed by atoms with Crippen LogP contribution in [0.15, 0.2) is 0 Å². The molecule has 0 bridgehead atoms. The summed E-state index contributed by atoms with van der Waals surface area (Å²) >= 11 is 2.25. The van der Waals surface area contributed by atoms with Gasteiger partial charge in [-0.2, -0.15) is 0 Å². The third-order valence-corrected chi connectivity index (χ3v) is 4.06. The number of ether oxygens (including phenoxy) is 1. The fraction of sp³-hybridized carbons (Fsp3) is 0.909. The Morgan fingerprint density at radius 1 is 1.38 bits per heavy atom. The third kappa shape index (κ3) is 3.07. The van der Waals surface area contributed by atoms with Crippen molar-refractivity contribution in [2.75, 3.05) is 39.8 Å². The number of hydrogen-bond donors (Lipinski definition) is 0. The highest BCUT2D eigenvalue weighted by molar-refractivity contribution is 14.1. The van der Waals surface area contributed by atoms with Gasteiger partial charge < -0.3 is 14.5 Å². The first kappa shape index (κ1) is 12.6. The molecule has 0 saturated carbocycles. The number of morpholine rings is 1. The van der Waals surface area contributed by atoms with Crippen molar-refractivity contribution >= 4 is 28.5 Å². The molecular formula is C11H19IN2O2. The fourth-order valence-corrected chi connectivity index (χ4v) is 3.16. The van der Waals surface area contributed by atoms with Gasteiger partial charge >= 0.3 is 0 Å². The largest absolute Gasteiger partial charge is 0.364 e. The van der Waals surface area contributed by atoms with E-state index in [4.69, 9.17) is 4.74 Å². The average molecular weight is 338 g/mol. The lowest BCUT2D eigenvalue weighted by atomic mass is 9.97. The Kier molecular flexibility index (Phi) is 4.43. The van der Waals surface area contributed by atoms with E-state index in [0.29, 0.717) is 12.5 Å². The van der Waals surface area contributed by atoms with Crippen LogP contribution in [0.5, 0.6) is 0 Å². The number of piperidine rings is 1. The summed E-state index contributed by atoms with van der Waals surface area (Å²) in [4.78, 5) is 16.5. The molecule has 2 unspecified atom stereocenters. The molecule has 1 amide bonds. The van der Waals surface area contributed by atoms with Crippen molar-refractivity contribution < 1.29 is 9.53 Å². The van der Waals surface area contributed by atoms with Crippen molar-refractivity contribution in [3.05, 3.63) is 0 Å². The molecule has 0 aliphatic carbocycles. The molecule has 2 rings (SSSR count). The molecule has 0 radical (unpaired) electrons. The van der Waals surface area contributed by atoms with Gasteiger partial charge in [0.2, 0.25) is 5.91 Å². The van der Waals surface area contributed by atoms with Crippen LogP contribution in [0.3, 0.4) is 0 Å². The molecule has 0 spiro atoms. The van der Waals surface area contributed by atoms with E-state index in [1.807, 2.05) is 4.90 Å². The van der Waals surface area contributed by atoms with E-state index in [2.05, 4.69) is 34.5 Å². The first-order valence-electron chi connectivity index (χ1n) is 5.90. The van der Waals surface area contributed by atoms with Crippen molar-refractivity contribution in [3.8, 4) is 0 Å². The topological polar surface area (TPSA) is 32.8 Å². The number of carbonyl (C=O) groups excluding carboxylic acids is 1. The van der Waals surface area contributed by atoms with Gasteiger partial charge in [-0.3, -0.25) is 4.79 Å². The number of amides is 1. The Balaban J connectivity index is 1.90. The Morgan fingerprint density at radius 2 is 2.19 bits per heavy atom. The van der Waals surface area contributed by atoms with Gasteiger partial charge in [-0.15, -0.1) is 0 Å². The molecule has 2 aliphatic heterocycles. The number of halogens is 1. The second kappa shape index (κ2) is 5.64. The molecule has 0 N–H and O–H groups in total. The van der Waals surface area contributed by atoms with Crippen LogP contribution in [0.1, 0.15) is 12.8 Å². The zero-order valence-corrected chi connectivity index (χ0v) is 11.9. The normalized spacial score (nSPS) is 32.8. The minimum absolute atomic E-state index is 0.164. The second-order valence-electron chi connectivity index (χ2n) is 4.67. The Hall–Kier alpha value is 0.120. The zero-order chi connectivity index (χ0) is 11.5. The molecule has 0 aromatic carbocycles. The molecule has 2 heterocycles. The van der Waals surface area contributed by atoms with E-state index in [9.17, 15) is 4.79 Å². The quantitative estimate of drug-likeness (QED) is 0.527. The lowest BCUT2D eigenvalue weighted by molar-refractivity contribution is -0.141.